The smallest absolute Gasteiger partial charge is 0.338 e. The number of esters is 1. The van der Waals surface area contributed by atoms with Gasteiger partial charge in [0.15, 0.2) is 11.5 Å². The number of likely N-dealkylation sites (N-methyl/N-ethyl adjacent to an activating group) is 1. The van der Waals surface area contributed by atoms with Gasteiger partial charge in [-0.2, -0.15) is 0 Å². The highest BCUT2D eigenvalue weighted by atomic mass is 35.5. The van der Waals surface area contributed by atoms with Crippen LogP contribution in [0.3, 0.4) is 0 Å². The Bertz CT molecular complexity index is 1500. The monoisotopic (exact) mass is 607 g/mol. The average molecular weight is 608 g/mol. The van der Waals surface area contributed by atoms with E-state index in [0.29, 0.717) is 40.3 Å². The minimum Gasteiger partial charge on any atom is -0.462 e. The molecule has 1 saturated heterocycles. The number of fused-ring (bicyclic) bond motifs is 1. The molecule has 0 aromatic heterocycles. The summed E-state index contributed by atoms with van der Waals surface area (Å²) in [5.41, 5.74) is 8.71. The van der Waals surface area contributed by atoms with E-state index in [9.17, 15) is 14.4 Å². The maximum Gasteiger partial charge on any atom is 0.338 e. The quantitative estimate of drug-likeness (QED) is 0.257. The van der Waals surface area contributed by atoms with Crippen LogP contribution in [-0.2, 0) is 22.5 Å². The summed E-state index contributed by atoms with van der Waals surface area (Å²) in [6.45, 7) is 4.34. The Morgan fingerprint density at radius 2 is 1.84 bits per heavy atom. The van der Waals surface area contributed by atoms with E-state index < -0.39 is 23.9 Å². The molecule has 3 N–H and O–H groups in total. The van der Waals surface area contributed by atoms with Crippen molar-refractivity contribution in [3.05, 3.63) is 88.4 Å². The number of likely N-dealkylation sites (tertiary alicyclic amines) is 1. The van der Waals surface area contributed by atoms with Crippen molar-refractivity contribution in [2.75, 3.05) is 38.9 Å². The first-order chi connectivity index (χ1) is 20.6. The number of benzene rings is 3. The van der Waals surface area contributed by atoms with E-state index >= 15 is 0 Å². The second-order valence-electron chi connectivity index (χ2n) is 11.2. The molecule has 226 valence electrons. The van der Waals surface area contributed by atoms with Gasteiger partial charge in [-0.05, 0) is 67.1 Å². The summed E-state index contributed by atoms with van der Waals surface area (Å²) in [5.74, 6) is 0.409. The predicted molar refractivity (Wildman–Crippen MR) is 162 cm³/mol. The summed E-state index contributed by atoms with van der Waals surface area (Å²) in [6, 6.07) is 17.9. The van der Waals surface area contributed by atoms with Crippen molar-refractivity contribution in [1.29, 1.82) is 0 Å². The molecular weight excluding hydrogens is 572 g/mol. The molecule has 2 heterocycles. The Morgan fingerprint density at radius 3 is 2.56 bits per heavy atom. The Morgan fingerprint density at radius 1 is 1.07 bits per heavy atom. The van der Waals surface area contributed by atoms with Crippen LogP contribution in [0.25, 0.3) is 0 Å². The molecule has 5 rings (SSSR count). The van der Waals surface area contributed by atoms with Crippen molar-refractivity contribution < 1.29 is 33.1 Å². The lowest BCUT2D eigenvalue weighted by molar-refractivity contribution is -0.911. The van der Waals surface area contributed by atoms with E-state index in [1.165, 1.54) is 0 Å². The van der Waals surface area contributed by atoms with Gasteiger partial charge in [0.05, 0.1) is 38.3 Å². The SMILES string of the molecule is CCOC(=O)c1ccc(NC(=O)N([C@@H]2CC[N+](C)(Cc3ccc4c(c3)OCO4)C2)[C@@H](Cc2cccc(Cl)c2)C(N)=O)cc1. The minimum absolute atomic E-state index is 0.212. The van der Waals surface area contributed by atoms with E-state index in [0.717, 1.165) is 29.2 Å². The van der Waals surface area contributed by atoms with E-state index in [1.807, 2.05) is 24.3 Å². The Hall–Kier alpha value is -4.28. The van der Waals surface area contributed by atoms with Gasteiger partial charge in [-0.1, -0.05) is 23.7 Å². The second kappa shape index (κ2) is 12.9. The summed E-state index contributed by atoms with van der Waals surface area (Å²) < 4.78 is 16.7. The number of hydrogen-bond acceptors (Lipinski definition) is 6. The zero-order valence-electron chi connectivity index (χ0n) is 24.3. The van der Waals surface area contributed by atoms with Gasteiger partial charge >= 0.3 is 12.0 Å². The summed E-state index contributed by atoms with van der Waals surface area (Å²) in [6.07, 6.45) is 0.892. The fourth-order valence-electron chi connectivity index (χ4n) is 5.88. The van der Waals surface area contributed by atoms with Gasteiger partial charge in [-0.25, -0.2) is 9.59 Å². The van der Waals surface area contributed by atoms with Crippen molar-refractivity contribution in [2.24, 2.45) is 5.73 Å². The normalized spacial score (nSPS) is 19.5. The number of rotatable bonds is 10. The lowest BCUT2D eigenvalue weighted by Crippen LogP contribution is -2.56. The van der Waals surface area contributed by atoms with Gasteiger partial charge in [0.2, 0.25) is 12.7 Å². The third-order valence-corrected chi connectivity index (χ3v) is 8.15. The summed E-state index contributed by atoms with van der Waals surface area (Å²) in [4.78, 5) is 40.6. The molecule has 0 aliphatic carbocycles. The van der Waals surface area contributed by atoms with Crippen LogP contribution >= 0.6 is 11.6 Å². The average Bonchev–Trinajstić information content (AvgIpc) is 3.59. The number of ether oxygens (including phenoxy) is 3. The molecular formula is C32H36ClN4O6+. The number of quaternary nitrogens is 1. The van der Waals surface area contributed by atoms with Crippen molar-refractivity contribution in [3.8, 4) is 11.5 Å². The fraction of sp³-hybridized carbons (Fsp3) is 0.344. The van der Waals surface area contributed by atoms with Gasteiger partial charge in [0.1, 0.15) is 12.6 Å². The molecule has 3 amide bonds. The highest BCUT2D eigenvalue weighted by Crippen LogP contribution is 2.34. The van der Waals surface area contributed by atoms with Crippen LogP contribution in [0.15, 0.2) is 66.7 Å². The van der Waals surface area contributed by atoms with Gasteiger partial charge in [0.25, 0.3) is 0 Å². The zero-order chi connectivity index (χ0) is 30.6. The van der Waals surface area contributed by atoms with Gasteiger partial charge < -0.3 is 34.6 Å². The van der Waals surface area contributed by atoms with Crippen LogP contribution in [0, 0.1) is 0 Å². The van der Waals surface area contributed by atoms with Crippen LogP contribution in [0.2, 0.25) is 5.02 Å². The number of nitrogens with one attached hydrogen (secondary N) is 1. The summed E-state index contributed by atoms with van der Waals surface area (Å²) >= 11 is 6.23. The van der Waals surface area contributed by atoms with Crippen LogP contribution in [0.5, 0.6) is 11.5 Å². The number of urea groups is 1. The van der Waals surface area contributed by atoms with E-state index in [1.54, 1.807) is 54.3 Å². The highest BCUT2D eigenvalue weighted by Gasteiger charge is 2.44. The molecule has 11 heteroatoms. The first-order valence-electron chi connectivity index (χ1n) is 14.3. The Kier molecular flexibility index (Phi) is 9.08. The number of primary amides is 1. The summed E-state index contributed by atoms with van der Waals surface area (Å²) in [7, 11) is 2.14. The minimum atomic E-state index is -0.917. The molecule has 3 aromatic carbocycles. The Balaban J connectivity index is 1.39. The standard InChI is InChI=1S/C32H35ClN4O6/c1-3-41-31(39)23-8-10-25(11-9-23)35-32(40)36(27(30(34)38)16-21-5-4-6-24(33)15-21)26-13-14-37(2,19-26)18-22-7-12-28-29(17-22)43-20-42-28/h4-12,15,17,26-27H,3,13-14,16,18-20H2,1-2H3,(H2-,34,35,38,39,40)/p+1/t26-,27+,37?/m1/s1. The lowest BCUT2D eigenvalue weighted by Gasteiger charge is -2.36. The molecule has 0 saturated carbocycles. The molecule has 1 unspecified atom stereocenters. The molecule has 1 fully saturated rings. The number of anilines is 1. The molecule has 2 aliphatic rings. The third kappa shape index (κ3) is 7.21. The third-order valence-electron chi connectivity index (χ3n) is 7.91. The summed E-state index contributed by atoms with van der Waals surface area (Å²) in [5, 5.41) is 3.45. The highest BCUT2D eigenvalue weighted by molar-refractivity contribution is 6.30. The first kappa shape index (κ1) is 30.2. The van der Waals surface area contributed by atoms with E-state index in [2.05, 4.69) is 12.4 Å². The molecule has 0 bridgehead atoms. The molecule has 2 aliphatic heterocycles. The van der Waals surface area contributed by atoms with Gasteiger partial charge in [0, 0.05) is 29.1 Å². The van der Waals surface area contributed by atoms with Crippen molar-refractivity contribution >= 4 is 35.2 Å². The zero-order valence-corrected chi connectivity index (χ0v) is 25.0. The maximum absolute atomic E-state index is 14.0. The molecule has 0 spiro atoms. The molecule has 3 aromatic rings. The topological polar surface area (TPSA) is 120 Å². The molecule has 3 atom stereocenters. The number of nitrogens with two attached hydrogens (primary N) is 1. The van der Waals surface area contributed by atoms with E-state index in [-0.39, 0.29) is 25.9 Å². The number of amides is 3. The van der Waals surface area contributed by atoms with Gasteiger partial charge in [-0.3, -0.25) is 4.79 Å². The predicted octanol–water partition coefficient (Wildman–Crippen LogP) is 4.60. The molecule has 43 heavy (non-hydrogen) atoms. The fourth-order valence-corrected chi connectivity index (χ4v) is 6.09. The number of hydrogen-bond donors (Lipinski definition) is 2. The maximum atomic E-state index is 14.0. The number of carbonyl (C=O) groups excluding carboxylic acids is 3. The van der Waals surface area contributed by atoms with Crippen molar-refractivity contribution in [1.82, 2.24) is 4.90 Å². The number of halogens is 1. The number of nitrogens with zero attached hydrogens (tertiary/aromatic N) is 2. The first-order valence-corrected chi connectivity index (χ1v) is 14.6. The van der Waals surface area contributed by atoms with Crippen molar-refractivity contribution in [3.63, 3.8) is 0 Å². The largest absolute Gasteiger partial charge is 0.462 e. The van der Waals surface area contributed by atoms with Crippen LogP contribution in [0.1, 0.15) is 34.8 Å². The van der Waals surface area contributed by atoms with Crippen LogP contribution in [0.4, 0.5) is 10.5 Å². The second-order valence-corrected chi connectivity index (χ2v) is 11.6. The lowest BCUT2D eigenvalue weighted by atomic mass is 10.0. The van der Waals surface area contributed by atoms with Crippen LogP contribution in [-0.4, -0.2) is 72.9 Å². The molecule has 10 nitrogen and oxygen atoms in total. The molecule has 0 radical (unpaired) electrons. The van der Waals surface area contributed by atoms with Crippen molar-refractivity contribution in [2.45, 2.75) is 38.4 Å². The van der Waals surface area contributed by atoms with Crippen LogP contribution < -0.4 is 20.5 Å². The Labute approximate surface area is 255 Å². The van der Waals surface area contributed by atoms with E-state index in [4.69, 9.17) is 31.5 Å². The van der Waals surface area contributed by atoms with Gasteiger partial charge in [-0.15, -0.1) is 0 Å². The number of carbonyl (C=O) groups is 3.